The molecule has 1 aliphatic rings. The number of aldehydes is 1. The Morgan fingerprint density at radius 1 is 1.53 bits per heavy atom. The van der Waals surface area contributed by atoms with E-state index in [-0.39, 0.29) is 23.6 Å². The summed E-state index contributed by atoms with van der Waals surface area (Å²) in [7, 11) is 1.58. The van der Waals surface area contributed by atoms with Crippen LogP contribution in [-0.2, 0) is 4.79 Å². The van der Waals surface area contributed by atoms with Gasteiger partial charge in [0.05, 0.1) is 12.4 Å². The van der Waals surface area contributed by atoms with E-state index in [0.717, 1.165) is 6.07 Å². The van der Waals surface area contributed by atoms with Gasteiger partial charge in [-0.1, -0.05) is 0 Å². The number of fused-ring (bicyclic) bond motifs is 1. The van der Waals surface area contributed by atoms with E-state index in [9.17, 15) is 14.0 Å². The molecule has 0 fully saturated rings. The molecule has 0 aliphatic carbocycles. The van der Waals surface area contributed by atoms with Gasteiger partial charge in [-0.05, 0) is 6.07 Å². The third-order valence-electron chi connectivity index (χ3n) is 2.69. The standard InChI is InChI=1S/C11H10FN3O2/c1-15-9-3-8(14-5-13)7(12)2-6(9)11(17)10(15)4-16/h2-4H,5,13H2,1H3/p+1. The summed E-state index contributed by atoms with van der Waals surface area (Å²) in [6, 6.07) is 2.58. The van der Waals surface area contributed by atoms with Gasteiger partial charge in [0.15, 0.2) is 0 Å². The molecule has 1 aromatic carbocycles. The molecule has 1 aliphatic heterocycles. The van der Waals surface area contributed by atoms with E-state index < -0.39 is 11.6 Å². The zero-order chi connectivity index (χ0) is 12.6. The van der Waals surface area contributed by atoms with E-state index in [1.165, 1.54) is 10.6 Å². The molecule has 6 heteroatoms. The Morgan fingerprint density at radius 2 is 2.24 bits per heavy atom. The lowest BCUT2D eigenvalue weighted by Gasteiger charge is -2.05. The Kier molecular flexibility index (Phi) is 2.72. The molecule has 0 amide bonds. The van der Waals surface area contributed by atoms with Crippen LogP contribution in [0.4, 0.5) is 15.8 Å². The number of hydrogen-bond acceptors (Lipinski definition) is 4. The van der Waals surface area contributed by atoms with Gasteiger partial charge in [-0.2, -0.15) is 4.58 Å². The second-order valence-corrected chi connectivity index (χ2v) is 3.62. The first-order valence-electron chi connectivity index (χ1n) is 4.98. The number of carbonyl (C=O) groups excluding carboxylic acids is 2. The molecule has 0 aromatic heterocycles. The van der Waals surface area contributed by atoms with Gasteiger partial charge >= 0.3 is 0 Å². The van der Waals surface area contributed by atoms with E-state index in [2.05, 4.69) is 5.32 Å². The molecular weight excluding hydrogens is 225 g/mol. The summed E-state index contributed by atoms with van der Waals surface area (Å²) in [5, 5.41) is 2.64. The fourth-order valence-corrected chi connectivity index (χ4v) is 1.82. The molecule has 17 heavy (non-hydrogen) atoms. The lowest BCUT2D eigenvalue weighted by atomic mass is 10.1. The molecule has 2 rings (SSSR count). The van der Waals surface area contributed by atoms with E-state index in [1.54, 1.807) is 7.05 Å². The van der Waals surface area contributed by atoms with Gasteiger partial charge in [0.2, 0.25) is 12.0 Å². The molecule has 0 radical (unpaired) electrons. The summed E-state index contributed by atoms with van der Waals surface area (Å²) in [5.41, 5.74) is 6.17. The lowest BCUT2D eigenvalue weighted by Crippen LogP contribution is -2.16. The van der Waals surface area contributed by atoms with Crippen LogP contribution in [0.15, 0.2) is 12.1 Å². The summed E-state index contributed by atoms with van der Waals surface area (Å²) < 4.78 is 15.0. The summed E-state index contributed by atoms with van der Waals surface area (Å²) in [4.78, 5) is 22.5. The van der Waals surface area contributed by atoms with Crippen LogP contribution in [0.25, 0.3) is 0 Å². The van der Waals surface area contributed by atoms with Crippen LogP contribution in [0, 0.1) is 5.82 Å². The third kappa shape index (κ3) is 1.62. The fraction of sp³-hybridized carbons (Fsp3) is 0.182. The van der Waals surface area contributed by atoms with Crippen LogP contribution in [0.5, 0.6) is 0 Å². The highest BCUT2D eigenvalue weighted by Crippen LogP contribution is 2.30. The van der Waals surface area contributed by atoms with E-state index in [1.807, 2.05) is 0 Å². The smallest absolute Gasteiger partial charge is 0.294 e. The van der Waals surface area contributed by atoms with Crippen molar-refractivity contribution >= 4 is 29.2 Å². The fourth-order valence-electron chi connectivity index (χ4n) is 1.82. The Bertz CT molecular complexity index is 552. The van der Waals surface area contributed by atoms with Crippen molar-refractivity contribution in [2.75, 3.05) is 19.0 Å². The van der Waals surface area contributed by atoms with Crippen LogP contribution in [-0.4, -0.2) is 36.1 Å². The number of benzene rings is 1. The zero-order valence-electron chi connectivity index (χ0n) is 9.16. The third-order valence-corrected chi connectivity index (χ3v) is 2.69. The first kappa shape index (κ1) is 11.4. The number of ketones is 1. The van der Waals surface area contributed by atoms with Gasteiger partial charge in [-0.3, -0.25) is 9.59 Å². The normalized spacial score (nSPS) is 13.9. The Hall–Kier alpha value is -2.08. The molecule has 0 unspecified atom stereocenters. The maximum Gasteiger partial charge on any atom is 0.294 e. The second-order valence-electron chi connectivity index (χ2n) is 3.62. The Balaban J connectivity index is 2.61. The van der Waals surface area contributed by atoms with Crippen molar-refractivity contribution < 1.29 is 18.6 Å². The van der Waals surface area contributed by atoms with E-state index in [4.69, 9.17) is 5.73 Å². The predicted molar refractivity (Wildman–Crippen MR) is 60.3 cm³/mol. The van der Waals surface area contributed by atoms with E-state index in [0.29, 0.717) is 12.0 Å². The van der Waals surface area contributed by atoms with E-state index >= 15 is 0 Å². The Labute approximate surface area is 96.7 Å². The Morgan fingerprint density at radius 3 is 2.82 bits per heavy atom. The van der Waals surface area contributed by atoms with Crippen molar-refractivity contribution in [1.29, 1.82) is 0 Å². The van der Waals surface area contributed by atoms with Gasteiger partial charge < -0.3 is 11.1 Å². The number of rotatable bonds is 3. The molecule has 0 bridgehead atoms. The van der Waals surface area contributed by atoms with Crippen LogP contribution < -0.4 is 11.1 Å². The zero-order valence-corrected chi connectivity index (χ0v) is 9.16. The van der Waals surface area contributed by atoms with Crippen molar-refractivity contribution in [1.82, 2.24) is 0 Å². The van der Waals surface area contributed by atoms with Crippen LogP contribution in [0.2, 0.25) is 0 Å². The van der Waals surface area contributed by atoms with Crippen molar-refractivity contribution in [3.8, 4) is 0 Å². The van der Waals surface area contributed by atoms with Crippen molar-refractivity contribution in [2.45, 2.75) is 0 Å². The van der Waals surface area contributed by atoms with Crippen LogP contribution >= 0.6 is 0 Å². The highest BCUT2D eigenvalue weighted by atomic mass is 19.1. The maximum atomic E-state index is 13.6. The maximum absolute atomic E-state index is 13.6. The van der Waals surface area contributed by atoms with Crippen molar-refractivity contribution in [3.05, 3.63) is 23.5 Å². The minimum Gasteiger partial charge on any atom is -0.370 e. The monoisotopic (exact) mass is 236 g/mol. The van der Waals surface area contributed by atoms with Gasteiger partial charge in [0.1, 0.15) is 18.4 Å². The van der Waals surface area contributed by atoms with Gasteiger partial charge in [0, 0.05) is 6.07 Å². The number of nitrogens with two attached hydrogens (primary N) is 1. The average molecular weight is 236 g/mol. The molecule has 3 N–H and O–H groups in total. The summed E-state index contributed by atoms with van der Waals surface area (Å²) in [6.45, 7) is 0.0810. The SMILES string of the molecule is C[N+]1=C(C=O)C(=O)c2cc(F)c(NCN)cc21. The van der Waals surface area contributed by atoms with Gasteiger partial charge in [0.25, 0.3) is 11.5 Å². The number of carbonyl (C=O) groups is 2. The van der Waals surface area contributed by atoms with Crippen molar-refractivity contribution in [3.63, 3.8) is 0 Å². The molecule has 5 nitrogen and oxygen atoms in total. The number of nitrogens with zero attached hydrogens (tertiary/aromatic N) is 1. The second kappa shape index (κ2) is 4.06. The average Bonchev–Trinajstić information content (AvgIpc) is 2.53. The molecule has 0 saturated carbocycles. The molecular formula is C11H11FN3O2+. The van der Waals surface area contributed by atoms with Crippen LogP contribution in [0.3, 0.4) is 0 Å². The number of anilines is 1. The molecule has 0 atom stereocenters. The molecule has 1 heterocycles. The summed E-state index contributed by atoms with van der Waals surface area (Å²) in [5.74, 6) is -1.03. The minimum absolute atomic E-state index is 0.00398. The van der Waals surface area contributed by atoms with Crippen molar-refractivity contribution in [2.24, 2.45) is 5.73 Å². The van der Waals surface area contributed by atoms with Gasteiger partial charge in [-0.15, -0.1) is 0 Å². The van der Waals surface area contributed by atoms with Gasteiger partial charge in [-0.25, -0.2) is 4.39 Å². The first-order valence-corrected chi connectivity index (χ1v) is 4.98. The molecule has 1 aromatic rings. The molecule has 88 valence electrons. The first-order chi connectivity index (χ1) is 8.10. The summed E-state index contributed by atoms with van der Waals surface area (Å²) in [6.07, 6.45) is 0.469. The quantitative estimate of drug-likeness (QED) is 0.448. The lowest BCUT2D eigenvalue weighted by molar-refractivity contribution is -0.399. The number of halogens is 1. The van der Waals surface area contributed by atoms with Crippen LogP contribution in [0.1, 0.15) is 10.4 Å². The largest absolute Gasteiger partial charge is 0.370 e. The molecule has 0 spiro atoms. The number of hydrogen-bond donors (Lipinski definition) is 2. The molecule has 0 saturated heterocycles. The summed E-state index contributed by atoms with van der Waals surface area (Å²) >= 11 is 0. The topological polar surface area (TPSA) is 75.2 Å². The predicted octanol–water partition coefficient (Wildman–Crippen LogP) is 0.264. The highest BCUT2D eigenvalue weighted by Gasteiger charge is 2.36. The number of Topliss-reactive ketones (excluding diaryl/α,β-unsaturated/α-hetero) is 1. The highest BCUT2D eigenvalue weighted by molar-refractivity contribution is 6.63. The minimum atomic E-state index is -0.567. The number of nitrogens with one attached hydrogen (secondary N) is 1.